The number of nitrogens with zero attached hydrogens (tertiary/aromatic N) is 2. The summed E-state index contributed by atoms with van der Waals surface area (Å²) in [7, 11) is 0. The molecule has 2 rings (SSSR count). The molecule has 14 heteroatoms. The van der Waals surface area contributed by atoms with E-state index in [2.05, 4.69) is 11.6 Å². The monoisotopic (exact) mass is 474 g/mol. The Morgan fingerprint density at radius 1 is 0.733 bits per heavy atom. The van der Waals surface area contributed by atoms with E-state index in [1.165, 1.54) is 0 Å². The van der Waals surface area contributed by atoms with E-state index in [1.807, 2.05) is 0 Å². The number of para-hydroxylation sites is 1. The van der Waals surface area contributed by atoms with Crippen LogP contribution in [0.1, 0.15) is 0 Å². The van der Waals surface area contributed by atoms with Crippen molar-refractivity contribution >= 4 is 23.2 Å². The molecule has 1 saturated heterocycles. The Balaban J connectivity index is 2.22. The third-order valence-electron chi connectivity index (χ3n) is 4.50. The van der Waals surface area contributed by atoms with Gasteiger partial charge in [-0.3, -0.25) is 4.79 Å². The van der Waals surface area contributed by atoms with Crippen molar-refractivity contribution in [3.8, 4) is 0 Å². The maximum absolute atomic E-state index is 14.0. The molecule has 1 aromatic carbocycles. The van der Waals surface area contributed by atoms with Gasteiger partial charge in [0.05, 0.1) is 0 Å². The van der Waals surface area contributed by atoms with Crippen LogP contribution in [-0.4, -0.2) is 66.1 Å². The predicted octanol–water partition coefficient (Wildman–Crippen LogP) is 4.71. The second-order valence-electron chi connectivity index (χ2n) is 6.41. The van der Waals surface area contributed by atoms with Crippen LogP contribution in [-0.2, 0) is 4.79 Å². The smallest absolute Gasteiger partial charge is 0.368 e. The summed E-state index contributed by atoms with van der Waals surface area (Å²) >= 11 is 3.73. The molecule has 0 N–H and O–H groups in total. The lowest BCUT2D eigenvalue weighted by Crippen LogP contribution is -2.69. The van der Waals surface area contributed by atoms with Crippen molar-refractivity contribution in [1.82, 2.24) is 4.90 Å². The second kappa shape index (κ2) is 7.65. The van der Waals surface area contributed by atoms with Crippen LogP contribution in [0, 0.1) is 0 Å². The molecule has 1 aliphatic rings. The van der Waals surface area contributed by atoms with Gasteiger partial charge in [0.2, 0.25) is 0 Å². The van der Waals surface area contributed by atoms with Crippen molar-refractivity contribution in [1.29, 1.82) is 0 Å². The van der Waals surface area contributed by atoms with Gasteiger partial charge in [-0.1, -0.05) is 18.2 Å². The third-order valence-corrected chi connectivity index (χ3v) is 4.73. The number of carbonyl (C=O) groups excluding carboxylic acids is 1. The van der Waals surface area contributed by atoms with Crippen LogP contribution in [0.3, 0.4) is 0 Å². The Labute approximate surface area is 168 Å². The molecule has 0 atom stereocenters. The Bertz CT molecular complexity index is 761. The maximum atomic E-state index is 14.0. The zero-order chi connectivity index (χ0) is 23.2. The summed E-state index contributed by atoms with van der Waals surface area (Å²) in [5.41, 5.74) is 0.595. The van der Waals surface area contributed by atoms with Gasteiger partial charge in [0.25, 0.3) is 5.91 Å². The fourth-order valence-corrected chi connectivity index (χ4v) is 2.83. The minimum atomic E-state index is -7.35. The van der Waals surface area contributed by atoms with E-state index in [1.54, 1.807) is 35.2 Å². The molecular weight excluding hydrogens is 462 g/mol. The molecule has 0 aliphatic carbocycles. The molecular formula is C16H13ClF10N2O. The molecule has 0 unspecified atom stereocenters. The summed E-state index contributed by atoms with van der Waals surface area (Å²) in [5, 5.41) is -6.29. The molecule has 1 amide bonds. The van der Waals surface area contributed by atoms with Crippen LogP contribution >= 0.6 is 11.6 Å². The number of anilines is 1. The zero-order valence-electron chi connectivity index (χ0n) is 14.7. The van der Waals surface area contributed by atoms with E-state index < -0.39 is 48.1 Å². The van der Waals surface area contributed by atoms with Crippen molar-refractivity contribution in [3.05, 3.63) is 30.3 Å². The fraction of sp³-hybridized carbons (Fsp3) is 0.562. The number of hydrogen-bond donors (Lipinski definition) is 0. The molecule has 30 heavy (non-hydrogen) atoms. The molecule has 0 bridgehead atoms. The van der Waals surface area contributed by atoms with Crippen LogP contribution < -0.4 is 4.90 Å². The molecule has 170 valence electrons. The van der Waals surface area contributed by atoms with Crippen LogP contribution in [0.5, 0.6) is 0 Å². The zero-order valence-corrected chi connectivity index (χ0v) is 15.4. The van der Waals surface area contributed by atoms with Crippen molar-refractivity contribution in [3.63, 3.8) is 0 Å². The van der Waals surface area contributed by atoms with Crippen LogP contribution in [0.4, 0.5) is 49.6 Å². The summed E-state index contributed by atoms with van der Waals surface area (Å²) in [6.07, 6.45) is 0. The number of amides is 1. The first kappa shape index (κ1) is 24.4. The van der Waals surface area contributed by atoms with E-state index in [4.69, 9.17) is 0 Å². The highest BCUT2D eigenvalue weighted by molar-refractivity contribution is 6.22. The van der Waals surface area contributed by atoms with Gasteiger partial charge >= 0.3 is 29.1 Å². The molecule has 3 nitrogen and oxygen atoms in total. The summed E-state index contributed by atoms with van der Waals surface area (Å²) in [6.45, 7) is -1.59. The number of hydrogen-bond acceptors (Lipinski definition) is 2. The van der Waals surface area contributed by atoms with E-state index in [9.17, 15) is 48.7 Å². The largest absolute Gasteiger partial charge is 0.393 e. The number of halogens is 11. The first-order valence-electron chi connectivity index (χ1n) is 8.16. The maximum Gasteiger partial charge on any atom is 0.393 e. The first-order valence-corrected chi connectivity index (χ1v) is 8.53. The van der Waals surface area contributed by atoms with E-state index in [0.29, 0.717) is 5.69 Å². The highest BCUT2D eigenvalue weighted by Crippen LogP contribution is 2.58. The van der Waals surface area contributed by atoms with Gasteiger partial charge in [0.15, 0.2) is 0 Å². The van der Waals surface area contributed by atoms with Gasteiger partial charge in [0, 0.05) is 31.9 Å². The van der Waals surface area contributed by atoms with E-state index in [-0.39, 0.29) is 18.0 Å². The highest BCUT2D eigenvalue weighted by Gasteiger charge is 2.87. The fourth-order valence-electron chi connectivity index (χ4n) is 2.71. The Hall–Kier alpha value is -1.92. The molecule has 0 radical (unpaired) electrons. The Morgan fingerprint density at radius 2 is 1.20 bits per heavy atom. The van der Waals surface area contributed by atoms with Gasteiger partial charge in [-0.05, 0) is 23.7 Å². The minimum Gasteiger partial charge on any atom is -0.368 e. The van der Waals surface area contributed by atoms with Crippen LogP contribution in [0.2, 0.25) is 0 Å². The molecule has 1 aromatic rings. The van der Waals surface area contributed by atoms with E-state index in [0.717, 1.165) is 0 Å². The number of piperazine rings is 1. The van der Waals surface area contributed by atoms with Crippen molar-refractivity contribution in [2.24, 2.45) is 0 Å². The lowest BCUT2D eigenvalue weighted by atomic mass is 9.97. The lowest BCUT2D eigenvalue weighted by molar-refractivity contribution is -0.383. The number of alkyl halides is 11. The van der Waals surface area contributed by atoms with Gasteiger partial charge in [-0.15, -0.1) is 0 Å². The molecule has 0 aromatic heterocycles. The molecule has 1 fully saturated rings. The summed E-state index contributed by atoms with van der Waals surface area (Å²) in [5.74, 6) is -30.9. The Morgan fingerprint density at radius 3 is 1.63 bits per heavy atom. The second-order valence-corrected chi connectivity index (χ2v) is 6.88. The van der Waals surface area contributed by atoms with Crippen LogP contribution in [0.15, 0.2) is 30.3 Å². The van der Waals surface area contributed by atoms with Gasteiger partial charge < -0.3 is 9.80 Å². The Kier molecular flexibility index (Phi) is 6.21. The average molecular weight is 475 g/mol. The number of benzene rings is 1. The first-order chi connectivity index (χ1) is 13.5. The summed E-state index contributed by atoms with van der Waals surface area (Å²) < 4.78 is 134. The van der Waals surface area contributed by atoms with Gasteiger partial charge in [-0.25, -0.2) is 0 Å². The van der Waals surface area contributed by atoms with Crippen molar-refractivity contribution in [2.75, 3.05) is 31.1 Å². The standard InChI is InChI=1S/C16H13ClF10N2O/c17-16(26,27)15(24,25)14(22,23)13(20,21)12(18,19)11(30)29-8-6-28(7-9-29)10-4-2-1-3-5-10/h1-5H,6-9H2. The quantitative estimate of drug-likeness (QED) is 0.440. The summed E-state index contributed by atoms with van der Waals surface area (Å²) in [6, 6.07) is 8.18. The van der Waals surface area contributed by atoms with Gasteiger partial charge in [0.1, 0.15) is 0 Å². The predicted molar refractivity (Wildman–Crippen MR) is 85.8 cm³/mol. The van der Waals surface area contributed by atoms with Gasteiger partial charge in [-0.2, -0.15) is 43.9 Å². The van der Waals surface area contributed by atoms with E-state index >= 15 is 0 Å². The van der Waals surface area contributed by atoms with Crippen molar-refractivity contribution < 1.29 is 48.7 Å². The topological polar surface area (TPSA) is 23.6 Å². The SMILES string of the molecule is O=C(N1CCN(c2ccccc2)CC1)C(F)(F)C(F)(F)C(F)(F)C(F)(F)C(F)(F)Cl. The molecule has 1 heterocycles. The average Bonchev–Trinajstić information content (AvgIpc) is 2.66. The highest BCUT2D eigenvalue weighted by atomic mass is 35.5. The molecule has 1 aliphatic heterocycles. The lowest BCUT2D eigenvalue weighted by Gasteiger charge is -2.41. The third kappa shape index (κ3) is 3.76. The number of rotatable bonds is 6. The summed E-state index contributed by atoms with van der Waals surface area (Å²) in [4.78, 5) is 13.4. The van der Waals surface area contributed by atoms with Crippen LogP contribution in [0.25, 0.3) is 0 Å². The number of carbonyl (C=O) groups is 1. The van der Waals surface area contributed by atoms with Crippen molar-refractivity contribution in [2.45, 2.75) is 29.1 Å². The normalized spacial score (nSPS) is 17.3. The minimum absolute atomic E-state index is 0.0699. The molecule has 0 saturated carbocycles. The molecule has 0 spiro atoms.